The van der Waals surface area contributed by atoms with Crippen molar-refractivity contribution in [3.63, 3.8) is 0 Å². The third kappa shape index (κ3) is 2.73. The van der Waals surface area contributed by atoms with Gasteiger partial charge in [0.15, 0.2) is 0 Å². The molecule has 190 valence electrons. The molecular formula is C31H37O4Si-. The van der Waals surface area contributed by atoms with Crippen molar-refractivity contribution in [2.45, 2.75) is 83.6 Å². The molecule has 0 saturated carbocycles. The van der Waals surface area contributed by atoms with Crippen molar-refractivity contribution in [3.05, 3.63) is 88.0 Å². The van der Waals surface area contributed by atoms with Crippen molar-refractivity contribution >= 4 is 8.33 Å². The molecule has 3 aliphatic heterocycles. The molecule has 3 heterocycles. The zero-order valence-electron chi connectivity index (χ0n) is 22.9. The third-order valence-electron chi connectivity index (χ3n) is 8.25. The second kappa shape index (κ2) is 6.38. The van der Waals surface area contributed by atoms with Gasteiger partial charge in [-0.1, -0.05) is 0 Å². The van der Waals surface area contributed by atoms with Crippen molar-refractivity contribution in [3.8, 4) is 17.2 Å². The van der Waals surface area contributed by atoms with Gasteiger partial charge in [0, 0.05) is 0 Å². The van der Waals surface area contributed by atoms with E-state index >= 15 is 0 Å². The van der Waals surface area contributed by atoms with Crippen LogP contribution in [0.5, 0.6) is 17.2 Å². The van der Waals surface area contributed by atoms with Gasteiger partial charge in [0.1, 0.15) is 0 Å². The standard InChI is InChI=1S/C31H37O4Si/c1-28(2,3)19-10-13-25-22(16-19)31-23-17-20(29(4,5)6)11-14-26(23)34-36(31,32,33-25)35-27-15-12-21(18-24(27)31)30(7,8)9/h10-18,32H,1-9H3/q-1. The predicted molar refractivity (Wildman–Crippen MR) is 145 cm³/mol. The summed E-state index contributed by atoms with van der Waals surface area (Å²) in [7, 11) is -5.10. The summed E-state index contributed by atoms with van der Waals surface area (Å²) in [5.41, 5.74) is 6.10. The number of hydrogen-bond acceptors (Lipinski definition) is 4. The summed E-state index contributed by atoms with van der Waals surface area (Å²) < 4.78 is 19.7. The van der Waals surface area contributed by atoms with E-state index in [0.29, 0.717) is 17.2 Å². The van der Waals surface area contributed by atoms with E-state index in [1.807, 2.05) is 18.2 Å². The van der Waals surface area contributed by atoms with E-state index in [-0.39, 0.29) is 16.2 Å². The SMILES string of the molecule is CC(C)(C)c1ccc2c(c1)C13c4cc(C(C)(C)C)ccc4O[Si-]1(O)(O2)Oc1ccc(C(C)(C)C)cc13. The summed E-state index contributed by atoms with van der Waals surface area (Å²) in [5, 5.41) is -1.05. The molecule has 36 heavy (non-hydrogen) atoms. The summed E-state index contributed by atoms with van der Waals surface area (Å²) in [6, 6.07) is 18.8. The van der Waals surface area contributed by atoms with Gasteiger partial charge < -0.3 is 0 Å². The molecule has 3 aromatic rings. The number of rotatable bonds is 0. The predicted octanol–water partition coefficient (Wildman–Crippen LogP) is 7.01. The fourth-order valence-corrected chi connectivity index (χ4v) is 10.3. The molecule has 0 unspecified atom stereocenters. The summed E-state index contributed by atoms with van der Waals surface area (Å²) in [4.78, 5) is 12.9. The van der Waals surface area contributed by atoms with Crippen molar-refractivity contribution < 1.29 is 18.1 Å². The van der Waals surface area contributed by atoms with Crippen LogP contribution in [0, 0.1) is 0 Å². The Morgan fingerprint density at radius 3 is 1.06 bits per heavy atom. The Balaban J connectivity index is 1.77. The Hall–Kier alpha value is -2.76. The second-order valence-corrected chi connectivity index (χ2v) is 17.1. The molecule has 1 N–H and O–H groups in total. The monoisotopic (exact) mass is 501 g/mol. The minimum atomic E-state index is -5.10. The quantitative estimate of drug-likeness (QED) is 0.337. The Kier molecular flexibility index (Phi) is 4.18. The molecule has 6 rings (SSSR count). The average molecular weight is 502 g/mol. The average Bonchev–Trinajstić information content (AvgIpc) is 3.20. The Morgan fingerprint density at radius 1 is 0.528 bits per heavy atom. The molecule has 0 atom stereocenters. The van der Waals surface area contributed by atoms with Crippen LogP contribution in [-0.2, 0) is 21.3 Å². The minimum absolute atomic E-state index is 0.0756. The number of benzene rings is 3. The van der Waals surface area contributed by atoms with E-state index in [1.54, 1.807) is 0 Å². The van der Waals surface area contributed by atoms with Crippen molar-refractivity contribution in [2.24, 2.45) is 0 Å². The van der Waals surface area contributed by atoms with Gasteiger partial charge in [-0.15, -0.1) is 0 Å². The first-order valence-corrected chi connectivity index (χ1v) is 15.1. The molecule has 0 radical (unpaired) electrons. The molecule has 0 bridgehead atoms. The molecule has 3 aromatic carbocycles. The fraction of sp³-hybridized carbons (Fsp3) is 0.419. The van der Waals surface area contributed by atoms with Crippen molar-refractivity contribution in [2.75, 3.05) is 0 Å². The molecule has 0 amide bonds. The van der Waals surface area contributed by atoms with E-state index in [2.05, 4.69) is 98.7 Å². The van der Waals surface area contributed by atoms with Gasteiger partial charge in [-0.25, -0.2) is 0 Å². The summed E-state index contributed by atoms with van der Waals surface area (Å²) in [6.45, 7) is 19.8. The normalized spacial score (nSPS) is 23.6. The third-order valence-corrected chi connectivity index (χ3v) is 12.0. The van der Waals surface area contributed by atoms with Crippen LogP contribution in [0.4, 0.5) is 0 Å². The van der Waals surface area contributed by atoms with Gasteiger partial charge in [-0.05, 0) is 0 Å². The molecule has 0 fully saturated rings. The first-order valence-electron chi connectivity index (χ1n) is 12.9. The molecule has 0 spiro atoms. The van der Waals surface area contributed by atoms with Crippen LogP contribution in [0.3, 0.4) is 0 Å². The van der Waals surface area contributed by atoms with Crippen LogP contribution >= 0.6 is 0 Å². The van der Waals surface area contributed by atoms with Crippen LogP contribution in [-0.4, -0.2) is 13.1 Å². The van der Waals surface area contributed by atoms with Crippen LogP contribution in [0.2, 0.25) is 0 Å². The first-order chi connectivity index (χ1) is 16.5. The van der Waals surface area contributed by atoms with Crippen LogP contribution in [0.15, 0.2) is 54.6 Å². The molecule has 3 aliphatic rings. The van der Waals surface area contributed by atoms with Crippen molar-refractivity contribution in [1.29, 1.82) is 0 Å². The van der Waals surface area contributed by atoms with Crippen molar-refractivity contribution in [1.82, 2.24) is 0 Å². The molecule has 4 nitrogen and oxygen atoms in total. The summed E-state index contributed by atoms with van der Waals surface area (Å²) >= 11 is 0. The maximum absolute atomic E-state index is 12.9. The molecule has 0 aromatic heterocycles. The van der Waals surface area contributed by atoms with Gasteiger partial charge >= 0.3 is 215 Å². The molecule has 0 saturated heterocycles. The number of hydrogen-bond donors (Lipinski definition) is 1. The molecular weight excluding hydrogens is 464 g/mol. The summed E-state index contributed by atoms with van der Waals surface area (Å²) in [5.74, 6) is 1.91. The topological polar surface area (TPSA) is 47.9 Å². The Morgan fingerprint density at radius 2 is 0.806 bits per heavy atom. The zero-order valence-corrected chi connectivity index (χ0v) is 23.9. The van der Waals surface area contributed by atoms with Gasteiger partial charge in [-0.2, -0.15) is 0 Å². The van der Waals surface area contributed by atoms with E-state index in [1.165, 1.54) is 16.7 Å². The zero-order chi connectivity index (χ0) is 26.1. The fourth-order valence-electron chi connectivity index (χ4n) is 6.12. The van der Waals surface area contributed by atoms with E-state index in [4.69, 9.17) is 13.3 Å². The molecule has 5 heteroatoms. The van der Waals surface area contributed by atoms with E-state index in [0.717, 1.165) is 16.7 Å². The molecule has 0 aliphatic carbocycles. The first kappa shape index (κ1) is 23.6. The number of fused-ring (bicyclic) bond motifs is 3. The van der Waals surface area contributed by atoms with Gasteiger partial charge in [0.05, 0.1) is 0 Å². The van der Waals surface area contributed by atoms with Gasteiger partial charge in [0.2, 0.25) is 0 Å². The van der Waals surface area contributed by atoms with E-state index in [9.17, 15) is 4.80 Å². The second-order valence-electron chi connectivity index (χ2n) is 13.9. The Labute approximate surface area is 215 Å². The van der Waals surface area contributed by atoms with Crippen LogP contribution in [0.1, 0.15) is 95.7 Å². The maximum atomic E-state index is 12.9. The summed E-state index contributed by atoms with van der Waals surface area (Å²) in [6.07, 6.45) is 0. The van der Waals surface area contributed by atoms with Gasteiger partial charge in [-0.3, -0.25) is 0 Å². The Bertz CT molecular complexity index is 1280. The van der Waals surface area contributed by atoms with Gasteiger partial charge in [0.25, 0.3) is 0 Å². The van der Waals surface area contributed by atoms with E-state index < -0.39 is 13.4 Å². The van der Waals surface area contributed by atoms with Crippen LogP contribution < -0.4 is 13.3 Å². The van der Waals surface area contributed by atoms with Crippen LogP contribution in [0.25, 0.3) is 0 Å².